The normalized spacial score (nSPS) is 16.8. The molecule has 0 atom stereocenters. The first-order chi connectivity index (χ1) is 15.6. The van der Waals surface area contributed by atoms with Crippen LogP contribution >= 0.6 is 23.1 Å². The molecule has 1 aliphatic carbocycles. The van der Waals surface area contributed by atoms with Crippen LogP contribution in [0.15, 0.2) is 34.1 Å². The summed E-state index contributed by atoms with van der Waals surface area (Å²) in [6.45, 7) is 3.51. The first-order valence-corrected chi connectivity index (χ1v) is 12.8. The number of carbonyl (C=O) groups is 1. The molecule has 1 amide bonds. The fourth-order valence-electron chi connectivity index (χ4n) is 4.29. The van der Waals surface area contributed by atoms with Crippen LogP contribution in [-0.4, -0.2) is 64.4 Å². The van der Waals surface area contributed by atoms with Crippen molar-refractivity contribution < 1.29 is 4.79 Å². The topological polar surface area (TPSA) is 83.4 Å². The van der Waals surface area contributed by atoms with Crippen LogP contribution in [0, 0.1) is 0 Å². The van der Waals surface area contributed by atoms with Crippen molar-refractivity contribution in [3.05, 3.63) is 46.0 Å². The molecule has 0 bridgehead atoms. The van der Waals surface area contributed by atoms with Gasteiger partial charge in [-0.15, -0.1) is 0 Å². The van der Waals surface area contributed by atoms with Crippen molar-refractivity contribution in [1.29, 1.82) is 0 Å². The summed E-state index contributed by atoms with van der Waals surface area (Å²) in [5.41, 5.74) is 2.86. The van der Waals surface area contributed by atoms with Gasteiger partial charge in [0.2, 0.25) is 5.91 Å². The maximum atomic E-state index is 13.0. The number of carbonyl (C=O) groups excluding carboxylic acids is 1. The molecule has 3 aromatic rings. The maximum absolute atomic E-state index is 13.0. The number of thioether (sulfide) groups is 1. The highest BCUT2D eigenvalue weighted by atomic mass is 32.2. The quantitative estimate of drug-likeness (QED) is 0.453. The molecule has 1 saturated heterocycles. The van der Waals surface area contributed by atoms with E-state index in [1.165, 1.54) is 23.1 Å². The number of hydrogen-bond donors (Lipinski definition) is 1. The lowest BCUT2D eigenvalue weighted by molar-refractivity contribution is -0.113. The van der Waals surface area contributed by atoms with Crippen LogP contribution in [0.4, 0.5) is 5.13 Å². The van der Waals surface area contributed by atoms with Crippen LogP contribution in [0.25, 0.3) is 10.2 Å². The third-order valence-corrected chi connectivity index (χ3v) is 7.94. The summed E-state index contributed by atoms with van der Waals surface area (Å²) in [5.74, 6) is 0.0662. The number of anilines is 1. The van der Waals surface area contributed by atoms with E-state index in [-0.39, 0.29) is 17.3 Å². The smallest absolute Gasteiger partial charge is 0.306 e. The zero-order valence-corrected chi connectivity index (χ0v) is 19.7. The Morgan fingerprint density at radius 3 is 2.72 bits per heavy atom. The van der Waals surface area contributed by atoms with E-state index in [1.807, 2.05) is 28.9 Å². The molecule has 3 heterocycles. The zero-order chi connectivity index (χ0) is 22.1. The highest BCUT2D eigenvalue weighted by molar-refractivity contribution is 8.00. The van der Waals surface area contributed by atoms with Crippen molar-refractivity contribution in [2.75, 3.05) is 49.3 Å². The molecule has 2 aromatic heterocycles. The summed E-state index contributed by atoms with van der Waals surface area (Å²) in [4.78, 5) is 36.7. The van der Waals surface area contributed by atoms with Gasteiger partial charge in [0.15, 0.2) is 5.13 Å². The fourth-order valence-corrected chi connectivity index (χ4v) is 6.05. The van der Waals surface area contributed by atoms with Crippen LogP contribution in [0.1, 0.15) is 24.1 Å². The van der Waals surface area contributed by atoms with Crippen molar-refractivity contribution in [2.45, 2.75) is 30.7 Å². The molecule has 0 saturated carbocycles. The third-order valence-electron chi connectivity index (χ3n) is 5.97. The van der Waals surface area contributed by atoms with E-state index in [4.69, 9.17) is 0 Å². The number of nitrogens with one attached hydrogen (secondary N) is 1. The van der Waals surface area contributed by atoms with Crippen molar-refractivity contribution in [3.63, 3.8) is 0 Å². The second kappa shape index (κ2) is 9.21. The highest BCUT2D eigenvalue weighted by Crippen LogP contribution is 2.29. The van der Waals surface area contributed by atoms with Crippen molar-refractivity contribution >= 4 is 44.4 Å². The summed E-state index contributed by atoms with van der Waals surface area (Å²) in [5, 5.41) is 6.32. The number of rotatable bonds is 5. The number of piperazine rings is 1. The number of thiazole rings is 1. The summed E-state index contributed by atoms with van der Waals surface area (Å²) < 4.78 is 2.85. The van der Waals surface area contributed by atoms with Gasteiger partial charge in [0, 0.05) is 31.7 Å². The van der Waals surface area contributed by atoms with E-state index in [2.05, 4.69) is 32.2 Å². The molecule has 5 rings (SSSR count). The van der Waals surface area contributed by atoms with Gasteiger partial charge in [-0.05, 0) is 44.9 Å². The van der Waals surface area contributed by atoms with Crippen LogP contribution in [0.5, 0.6) is 0 Å². The minimum Gasteiger partial charge on any atom is -0.306 e. The third kappa shape index (κ3) is 4.39. The molecule has 10 heteroatoms. The van der Waals surface area contributed by atoms with Gasteiger partial charge in [0.1, 0.15) is 5.03 Å². The highest BCUT2D eigenvalue weighted by Gasteiger charge is 2.25. The molecule has 0 unspecified atom stereocenters. The SMILES string of the molecule is CN1CCN(n2c3c(c(SCC(=O)Nc4nc5ccccc5s4)nc2=O)CCCC3)CC1. The second-order valence-corrected chi connectivity index (χ2v) is 10.2. The number of amides is 1. The van der Waals surface area contributed by atoms with Gasteiger partial charge < -0.3 is 15.2 Å². The first kappa shape index (κ1) is 21.4. The number of hydrogen-bond acceptors (Lipinski definition) is 8. The van der Waals surface area contributed by atoms with Crippen molar-refractivity contribution in [3.8, 4) is 0 Å². The van der Waals surface area contributed by atoms with Gasteiger partial charge in [-0.1, -0.05) is 35.2 Å². The zero-order valence-electron chi connectivity index (χ0n) is 18.0. The molecule has 0 spiro atoms. The van der Waals surface area contributed by atoms with Gasteiger partial charge in [0.25, 0.3) is 0 Å². The number of benzene rings is 1. The average Bonchev–Trinajstić information content (AvgIpc) is 3.20. The van der Waals surface area contributed by atoms with E-state index in [1.54, 1.807) is 0 Å². The number of likely N-dealkylation sites (N-methyl/N-ethyl adjacent to an activating group) is 1. The van der Waals surface area contributed by atoms with E-state index in [9.17, 15) is 9.59 Å². The average molecular weight is 471 g/mol. The molecule has 1 N–H and O–H groups in total. The first-order valence-electron chi connectivity index (χ1n) is 11.0. The minimum absolute atomic E-state index is 0.135. The molecule has 1 aromatic carbocycles. The predicted molar refractivity (Wildman–Crippen MR) is 130 cm³/mol. The second-order valence-electron chi connectivity index (χ2n) is 8.22. The Morgan fingerprint density at radius 2 is 1.91 bits per heavy atom. The minimum atomic E-state index is -0.232. The fraction of sp³-hybridized carbons (Fsp3) is 0.455. The van der Waals surface area contributed by atoms with Gasteiger partial charge in [-0.2, -0.15) is 4.98 Å². The monoisotopic (exact) mass is 470 g/mol. The Bertz CT molecular complexity index is 1170. The molecule has 32 heavy (non-hydrogen) atoms. The lowest BCUT2D eigenvalue weighted by atomic mass is 9.97. The van der Waals surface area contributed by atoms with E-state index < -0.39 is 0 Å². The summed E-state index contributed by atoms with van der Waals surface area (Å²) in [7, 11) is 2.10. The number of para-hydroxylation sites is 1. The van der Waals surface area contributed by atoms with Crippen LogP contribution in [0.3, 0.4) is 0 Å². The number of nitrogens with zero attached hydrogens (tertiary/aromatic N) is 5. The van der Waals surface area contributed by atoms with E-state index in [0.717, 1.165) is 73.3 Å². The Labute approximate surface area is 194 Å². The van der Waals surface area contributed by atoms with E-state index in [0.29, 0.717) is 10.2 Å². The molecule has 8 nitrogen and oxygen atoms in total. The molecular weight excluding hydrogens is 444 g/mol. The lowest BCUT2D eigenvalue weighted by Crippen LogP contribution is -2.54. The molecule has 1 fully saturated rings. The molecule has 2 aliphatic rings. The summed E-state index contributed by atoms with van der Waals surface area (Å²) >= 11 is 2.81. The van der Waals surface area contributed by atoms with Gasteiger partial charge in [-0.3, -0.25) is 4.79 Å². The standard InChI is InChI=1S/C22H26N6O2S2/c1-26-10-12-27(13-11-26)28-17-8-4-2-6-15(17)20(25-22(28)30)31-14-19(29)24-21-23-16-7-3-5-9-18(16)32-21/h3,5,7,9H,2,4,6,8,10-14H2,1H3,(H,23,24,29). The van der Waals surface area contributed by atoms with Crippen molar-refractivity contribution in [2.24, 2.45) is 0 Å². The Morgan fingerprint density at radius 1 is 1.12 bits per heavy atom. The molecule has 0 radical (unpaired) electrons. The van der Waals surface area contributed by atoms with Crippen LogP contribution in [-0.2, 0) is 17.6 Å². The largest absolute Gasteiger partial charge is 0.367 e. The van der Waals surface area contributed by atoms with E-state index >= 15 is 0 Å². The van der Waals surface area contributed by atoms with Crippen molar-refractivity contribution in [1.82, 2.24) is 19.5 Å². The Kier molecular flexibility index (Phi) is 6.16. The number of fused-ring (bicyclic) bond motifs is 2. The van der Waals surface area contributed by atoms with Gasteiger partial charge >= 0.3 is 5.69 Å². The maximum Gasteiger partial charge on any atom is 0.367 e. The Hall–Kier alpha value is -2.43. The molecule has 168 valence electrons. The molecule has 1 aliphatic heterocycles. The van der Waals surface area contributed by atoms with Gasteiger partial charge in [-0.25, -0.2) is 14.5 Å². The Balaban J connectivity index is 1.32. The summed E-state index contributed by atoms with van der Waals surface area (Å²) in [6.07, 6.45) is 3.94. The predicted octanol–water partition coefficient (Wildman–Crippen LogP) is 2.35. The van der Waals surface area contributed by atoms with Gasteiger partial charge in [0.05, 0.1) is 21.7 Å². The lowest BCUT2D eigenvalue weighted by Gasteiger charge is -2.37. The number of aromatic nitrogens is 3. The van der Waals surface area contributed by atoms with Crippen LogP contribution < -0.4 is 16.0 Å². The molecular formula is C22H26N6O2S2. The summed E-state index contributed by atoms with van der Waals surface area (Å²) in [6, 6.07) is 7.81. The van der Waals surface area contributed by atoms with Crippen LogP contribution in [0.2, 0.25) is 0 Å².